The molecule has 108 valence electrons. The zero-order valence-electron chi connectivity index (χ0n) is 11.2. The third-order valence-corrected chi connectivity index (χ3v) is 2.77. The summed E-state index contributed by atoms with van der Waals surface area (Å²) in [5.41, 5.74) is 0. The summed E-state index contributed by atoms with van der Waals surface area (Å²) in [5, 5.41) is 0. The first-order valence-corrected chi connectivity index (χ1v) is 6.20. The Bertz CT molecular complexity index is 343. The number of hydrogen-bond acceptors (Lipinski definition) is 6. The summed E-state index contributed by atoms with van der Waals surface area (Å²) in [7, 11) is 1.26. The lowest BCUT2D eigenvalue weighted by atomic mass is 10.2. The van der Waals surface area contributed by atoms with Gasteiger partial charge >= 0.3 is 11.9 Å². The molecule has 1 aliphatic rings. The second-order valence-electron chi connectivity index (χ2n) is 4.01. The van der Waals surface area contributed by atoms with Gasteiger partial charge in [0.25, 0.3) is 0 Å². The highest BCUT2D eigenvalue weighted by atomic mass is 16.5. The standard InChI is InChI=1S/C12H19NO6/c1-3-19-11(15)5-4-10(14)13-6-7-18-8-9(13)12(16)17-2/h9H,3-8H2,1-2H3. The Morgan fingerprint density at radius 1 is 1.32 bits per heavy atom. The van der Waals surface area contributed by atoms with Gasteiger partial charge in [-0.15, -0.1) is 0 Å². The Hall–Kier alpha value is -1.63. The number of ether oxygens (including phenoxy) is 3. The van der Waals surface area contributed by atoms with Crippen LogP contribution in [-0.2, 0) is 28.6 Å². The van der Waals surface area contributed by atoms with Crippen LogP contribution in [0, 0.1) is 0 Å². The molecule has 7 nitrogen and oxygen atoms in total. The molecule has 0 bridgehead atoms. The van der Waals surface area contributed by atoms with Crippen molar-refractivity contribution in [1.82, 2.24) is 4.90 Å². The van der Waals surface area contributed by atoms with Crippen molar-refractivity contribution in [1.29, 1.82) is 0 Å². The summed E-state index contributed by atoms with van der Waals surface area (Å²) in [5.74, 6) is -1.20. The van der Waals surface area contributed by atoms with Crippen molar-refractivity contribution in [3.63, 3.8) is 0 Å². The second-order valence-corrected chi connectivity index (χ2v) is 4.01. The molecular formula is C12H19NO6. The van der Waals surface area contributed by atoms with E-state index in [0.29, 0.717) is 13.2 Å². The Balaban J connectivity index is 2.52. The number of hydrogen-bond donors (Lipinski definition) is 0. The van der Waals surface area contributed by atoms with E-state index in [0.717, 1.165) is 0 Å². The molecule has 0 radical (unpaired) electrons. The fourth-order valence-corrected chi connectivity index (χ4v) is 1.82. The van der Waals surface area contributed by atoms with Crippen molar-refractivity contribution in [2.24, 2.45) is 0 Å². The van der Waals surface area contributed by atoms with E-state index in [2.05, 4.69) is 4.74 Å². The number of carbonyl (C=O) groups is 3. The van der Waals surface area contributed by atoms with E-state index in [1.165, 1.54) is 12.0 Å². The molecule has 1 fully saturated rings. The molecule has 1 amide bonds. The van der Waals surface area contributed by atoms with E-state index in [-0.39, 0.29) is 32.0 Å². The SMILES string of the molecule is CCOC(=O)CCC(=O)N1CCOCC1C(=O)OC. The largest absolute Gasteiger partial charge is 0.467 e. The first-order valence-electron chi connectivity index (χ1n) is 6.20. The van der Waals surface area contributed by atoms with E-state index in [1.54, 1.807) is 6.92 Å². The lowest BCUT2D eigenvalue weighted by molar-refractivity contribution is -0.161. The molecule has 1 unspecified atom stereocenters. The Labute approximate surface area is 111 Å². The number of amides is 1. The summed E-state index contributed by atoms with van der Waals surface area (Å²) >= 11 is 0. The van der Waals surface area contributed by atoms with Crippen LogP contribution in [0.5, 0.6) is 0 Å². The van der Waals surface area contributed by atoms with Crippen LogP contribution in [0.15, 0.2) is 0 Å². The lowest BCUT2D eigenvalue weighted by Crippen LogP contribution is -2.53. The van der Waals surface area contributed by atoms with Crippen LogP contribution in [0.4, 0.5) is 0 Å². The molecule has 0 N–H and O–H groups in total. The number of methoxy groups -OCH3 is 1. The second kappa shape index (κ2) is 7.73. The Morgan fingerprint density at radius 2 is 2.05 bits per heavy atom. The lowest BCUT2D eigenvalue weighted by Gasteiger charge is -2.33. The summed E-state index contributed by atoms with van der Waals surface area (Å²) in [6.07, 6.45) is 0.0320. The number of rotatable bonds is 5. The van der Waals surface area contributed by atoms with Crippen LogP contribution in [0.2, 0.25) is 0 Å². The van der Waals surface area contributed by atoms with E-state index < -0.39 is 18.0 Å². The average Bonchev–Trinajstić information content (AvgIpc) is 2.44. The maximum atomic E-state index is 12.0. The predicted octanol–water partition coefficient (Wildman–Crippen LogP) is -0.270. The number of carbonyl (C=O) groups excluding carboxylic acids is 3. The smallest absolute Gasteiger partial charge is 0.331 e. The van der Waals surface area contributed by atoms with Gasteiger partial charge in [0, 0.05) is 13.0 Å². The van der Waals surface area contributed by atoms with Crippen molar-refractivity contribution in [2.75, 3.05) is 33.5 Å². The van der Waals surface area contributed by atoms with Gasteiger partial charge in [0.2, 0.25) is 5.91 Å². The minimum Gasteiger partial charge on any atom is -0.467 e. The normalized spacial score (nSPS) is 18.8. The first kappa shape index (κ1) is 15.4. The molecule has 0 aliphatic carbocycles. The fraction of sp³-hybridized carbons (Fsp3) is 0.750. The molecule has 0 spiro atoms. The van der Waals surface area contributed by atoms with Gasteiger partial charge < -0.3 is 19.1 Å². The van der Waals surface area contributed by atoms with E-state index in [9.17, 15) is 14.4 Å². The van der Waals surface area contributed by atoms with Crippen molar-refractivity contribution < 1.29 is 28.6 Å². The van der Waals surface area contributed by atoms with Crippen LogP contribution in [0.3, 0.4) is 0 Å². The van der Waals surface area contributed by atoms with Gasteiger partial charge in [-0.25, -0.2) is 4.79 Å². The third kappa shape index (κ3) is 4.51. The van der Waals surface area contributed by atoms with E-state index in [4.69, 9.17) is 9.47 Å². The van der Waals surface area contributed by atoms with Gasteiger partial charge in [0.05, 0.1) is 33.4 Å². The van der Waals surface area contributed by atoms with E-state index >= 15 is 0 Å². The topological polar surface area (TPSA) is 82.1 Å². The van der Waals surface area contributed by atoms with E-state index in [1.807, 2.05) is 0 Å². The van der Waals surface area contributed by atoms with Gasteiger partial charge in [-0.1, -0.05) is 0 Å². The maximum absolute atomic E-state index is 12.0. The highest BCUT2D eigenvalue weighted by Gasteiger charge is 2.33. The first-order chi connectivity index (χ1) is 9.10. The predicted molar refractivity (Wildman–Crippen MR) is 64.2 cm³/mol. The van der Waals surface area contributed by atoms with Crippen LogP contribution >= 0.6 is 0 Å². The molecule has 7 heteroatoms. The van der Waals surface area contributed by atoms with Crippen molar-refractivity contribution in [3.05, 3.63) is 0 Å². The Kier molecular flexibility index (Phi) is 6.27. The van der Waals surface area contributed by atoms with Crippen LogP contribution in [0.1, 0.15) is 19.8 Å². The molecule has 1 atom stereocenters. The zero-order chi connectivity index (χ0) is 14.3. The summed E-state index contributed by atoms with van der Waals surface area (Å²) in [6.45, 7) is 2.81. The molecule has 1 aliphatic heterocycles. The van der Waals surface area contributed by atoms with Crippen molar-refractivity contribution >= 4 is 17.8 Å². The highest BCUT2D eigenvalue weighted by molar-refractivity contribution is 5.86. The number of morpholine rings is 1. The molecule has 0 aromatic carbocycles. The summed E-state index contributed by atoms with van der Waals surface area (Å²) in [4.78, 5) is 36.1. The van der Waals surface area contributed by atoms with Gasteiger partial charge in [-0.2, -0.15) is 0 Å². The molecule has 1 saturated heterocycles. The summed E-state index contributed by atoms with van der Waals surface area (Å²) in [6, 6.07) is -0.728. The minimum absolute atomic E-state index is 0.0118. The van der Waals surface area contributed by atoms with Gasteiger partial charge in [0.1, 0.15) is 0 Å². The highest BCUT2D eigenvalue weighted by Crippen LogP contribution is 2.11. The number of nitrogens with zero attached hydrogens (tertiary/aromatic N) is 1. The molecule has 1 rings (SSSR count). The van der Waals surface area contributed by atoms with Gasteiger partial charge in [-0.05, 0) is 6.92 Å². The third-order valence-electron chi connectivity index (χ3n) is 2.77. The number of esters is 2. The molecule has 19 heavy (non-hydrogen) atoms. The monoisotopic (exact) mass is 273 g/mol. The molecule has 0 saturated carbocycles. The fourth-order valence-electron chi connectivity index (χ4n) is 1.82. The molecule has 1 heterocycles. The van der Waals surface area contributed by atoms with Crippen molar-refractivity contribution in [3.8, 4) is 0 Å². The van der Waals surface area contributed by atoms with Crippen LogP contribution in [-0.4, -0.2) is 62.3 Å². The summed E-state index contributed by atoms with van der Waals surface area (Å²) < 4.78 is 14.5. The molecule has 0 aromatic heterocycles. The Morgan fingerprint density at radius 3 is 2.68 bits per heavy atom. The quantitative estimate of drug-likeness (QED) is 0.641. The van der Waals surface area contributed by atoms with Gasteiger partial charge in [0.15, 0.2) is 6.04 Å². The van der Waals surface area contributed by atoms with Crippen LogP contribution in [0.25, 0.3) is 0 Å². The van der Waals surface area contributed by atoms with Crippen LogP contribution < -0.4 is 0 Å². The minimum atomic E-state index is -0.728. The molecule has 0 aromatic rings. The zero-order valence-corrected chi connectivity index (χ0v) is 11.2. The van der Waals surface area contributed by atoms with Gasteiger partial charge in [-0.3, -0.25) is 9.59 Å². The maximum Gasteiger partial charge on any atom is 0.331 e. The molecular weight excluding hydrogens is 254 g/mol. The van der Waals surface area contributed by atoms with Crippen molar-refractivity contribution in [2.45, 2.75) is 25.8 Å². The average molecular weight is 273 g/mol.